The number of carbonyl (C=O) groups is 2. The number of carbonyl (C=O) groups excluding carboxylic acids is 2. The quantitative estimate of drug-likeness (QED) is 0.0215. The lowest BCUT2D eigenvalue weighted by Gasteiger charge is -2.16. The zero-order valence-electron chi connectivity index (χ0n) is 91.0. The summed E-state index contributed by atoms with van der Waals surface area (Å²) in [7, 11) is 0. The largest absolute Gasteiger partial charge is 0.293 e. The molecular weight excluding hydrogens is 2110 g/mol. The number of aryl methyl sites for hydroxylation is 4. The summed E-state index contributed by atoms with van der Waals surface area (Å²) in [5.41, 5.74) is 8.78. The Morgan fingerprint density at radius 3 is 0.818 bits per heavy atom. The number of hydrogen-bond donors (Lipinski definition) is 0. The van der Waals surface area contributed by atoms with Crippen LogP contribution in [0.1, 0.15) is 440 Å². The van der Waals surface area contributed by atoms with Gasteiger partial charge in [0.1, 0.15) is 8.64 Å². The molecule has 2 aliphatic rings. The molecule has 0 saturated carbocycles. The van der Waals surface area contributed by atoms with E-state index in [-0.39, 0.29) is 11.8 Å². The Kier molecular flexibility index (Phi) is 49.6. The molecule has 2 aliphatic heterocycles. The highest BCUT2D eigenvalue weighted by Crippen LogP contribution is 2.56. The molecule has 0 N–H and O–H groups in total. The van der Waals surface area contributed by atoms with Gasteiger partial charge in [0, 0.05) is 143 Å². The van der Waals surface area contributed by atoms with Gasteiger partial charge in [-0.3, -0.25) is 19.4 Å². The molecule has 15 rings (SSSR count). The fourth-order valence-corrected chi connectivity index (χ4v) is 39.1. The fourth-order valence-electron chi connectivity index (χ4n) is 21.8. The van der Waals surface area contributed by atoms with E-state index in [0.717, 1.165) is 82.8 Å². The monoisotopic (exact) mass is 2280 g/mol. The molecule has 14 heterocycles. The van der Waals surface area contributed by atoms with Crippen molar-refractivity contribution in [2.24, 2.45) is 11.8 Å². The van der Waals surface area contributed by atoms with E-state index in [2.05, 4.69) is 267 Å². The normalized spacial score (nSPS) is 14.2. The predicted molar refractivity (Wildman–Crippen MR) is 685 cm³/mol. The van der Waals surface area contributed by atoms with Crippen LogP contribution in [-0.4, -0.2) is 43.3 Å². The molecule has 0 spiro atoms. The highest BCUT2D eigenvalue weighted by atomic mass is 32.2. The smallest absolute Gasteiger partial charge is 0.266 e. The Morgan fingerprint density at radius 2 is 0.514 bits per heavy atom. The summed E-state index contributed by atoms with van der Waals surface area (Å²) in [6.45, 7) is 23.9. The first-order valence-corrected chi connectivity index (χ1v) is 70.4. The van der Waals surface area contributed by atoms with Gasteiger partial charge >= 0.3 is 0 Å². The van der Waals surface area contributed by atoms with Crippen molar-refractivity contribution in [1.82, 2.24) is 9.80 Å². The number of thioether (sulfide) groups is 2. The predicted octanol–water partition coefficient (Wildman–Crippen LogP) is 47.1. The van der Waals surface area contributed by atoms with Crippen LogP contribution >= 0.6 is 184 Å². The van der Waals surface area contributed by atoms with E-state index >= 15 is 0 Å². The second kappa shape index (κ2) is 62.5. The molecule has 0 aliphatic carbocycles. The van der Waals surface area contributed by atoms with E-state index in [9.17, 15) is 9.59 Å². The summed E-state index contributed by atoms with van der Waals surface area (Å²) in [5.74, 6) is 1.57. The zero-order valence-corrected chi connectivity index (χ0v) is 104. The van der Waals surface area contributed by atoms with Crippen LogP contribution in [0.4, 0.5) is 0 Å². The second-order valence-corrected chi connectivity index (χ2v) is 58.8. The summed E-state index contributed by atoms with van der Waals surface area (Å²) < 4.78 is 4.23. The molecule has 20 heteroatoms. The number of likely N-dealkylation sites (N-methyl/N-ethyl adjacent to an activating group) is 2. The molecule has 2 amide bonds. The third-order valence-electron chi connectivity index (χ3n) is 30.3. The van der Waals surface area contributed by atoms with Crippen molar-refractivity contribution in [2.45, 2.75) is 429 Å². The molecule has 0 bridgehead atoms. The molecule has 2 saturated heterocycles. The van der Waals surface area contributed by atoms with E-state index in [1.807, 2.05) is 59.2 Å². The van der Waals surface area contributed by atoms with Crippen molar-refractivity contribution in [3.63, 3.8) is 0 Å². The maximum absolute atomic E-state index is 13.8. The average Bonchev–Trinajstić information content (AvgIpc) is 1.57. The highest BCUT2D eigenvalue weighted by molar-refractivity contribution is 8.27. The first-order chi connectivity index (χ1) is 72.6. The van der Waals surface area contributed by atoms with Crippen LogP contribution in [0.15, 0.2) is 119 Å². The molecular formula is C128H168N2O2S16. The van der Waals surface area contributed by atoms with Crippen molar-refractivity contribution < 1.29 is 9.59 Å². The number of benzene rings is 1. The number of amides is 2. The minimum Gasteiger partial charge on any atom is -0.293 e. The Balaban J connectivity index is 0.865. The van der Waals surface area contributed by atoms with Crippen LogP contribution in [-0.2, 0) is 61.0 Å². The minimum atomic E-state index is 0.0333. The minimum absolute atomic E-state index is 0.0333. The maximum atomic E-state index is 13.8. The van der Waals surface area contributed by atoms with Gasteiger partial charge in [-0.2, -0.15) is 0 Å². The fraction of sp³-hybridized carbons (Fsp3) is 0.547. The molecule has 2 fully saturated rings. The third kappa shape index (κ3) is 33.3. The zero-order chi connectivity index (χ0) is 103. The van der Waals surface area contributed by atoms with Crippen LogP contribution in [0.25, 0.3) is 110 Å². The van der Waals surface area contributed by atoms with Crippen molar-refractivity contribution in [1.29, 1.82) is 0 Å². The lowest BCUT2D eigenvalue weighted by Crippen LogP contribution is -2.27. The van der Waals surface area contributed by atoms with Gasteiger partial charge in [-0.1, -0.05) is 386 Å². The van der Waals surface area contributed by atoms with Crippen LogP contribution in [0, 0.1) is 11.8 Å². The first kappa shape index (κ1) is 117. The Hall–Kier alpha value is -4.56. The third-order valence-corrected chi connectivity index (χ3v) is 48.1. The van der Waals surface area contributed by atoms with Crippen LogP contribution in [0.2, 0.25) is 0 Å². The standard InChI is InChI=1S/C128H168N2O2S16/c1-11-21-29-37-43-51-59-89(57-49-35-27-17-7)77-95-65-69-105(135-95)107-71-67-97(137-107)83-101-103-87-115(113-81-93(63-55-47-41-33-25-15-5)121(143-113)111-75-73-109(141-111)119-91(61-53-45-39-31-23-13-3)79-99(139-119)85-117-125(131)129(19-9)127(133)147-117)146-124(103)102(84-98-68-72-108(138-98)106-70-66-96(136-106)78-90(58-50-36-28-18-8)60-52-44-38-30-22-12-2)104-88-116(145-123(101)104)114-82-94(64-56-48-42-34-26-16-6)122(144-114)112-76-74-110(142-112)120-92(62-54-46-40-32-24-14-4)80-100(140-120)86-118-126(132)130(20-10)128(134)148-118/h65-76,79-82,85-90H,11-64,77-78,83-84H2,1-10H3/b117-85-,118-86+. The summed E-state index contributed by atoms with van der Waals surface area (Å²) in [5, 5.41) is 2.87. The van der Waals surface area contributed by atoms with E-state index in [1.165, 1.54) is 473 Å². The van der Waals surface area contributed by atoms with Crippen molar-refractivity contribution >= 4 is 237 Å². The highest BCUT2D eigenvalue weighted by Gasteiger charge is 2.35. The van der Waals surface area contributed by atoms with Crippen LogP contribution in [0.5, 0.6) is 0 Å². The number of hydrogen-bond acceptors (Lipinski definition) is 18. The maximum Gasteiger partial charge on any atom is 0.266 e. The van der Waals surface area contributed by atoms with Gasteiger partial charge in [0.15, 0.2) is 0 Å². The first-order valence-electron chi connectivity index (χ1n) is 58.2. The van der Waals surface area contributed by atoms with Gasteiger partial charge in [0.2, 0.25) is 0 Å². The average molecular weight is 2280 g/mol. The number of thiophene rings is 12. The molecule has 0 radical (unpaired) electrons. The number of rotatable bonds is 72. The van der Waals surface area contributed by atoms with Gasteiger partial charge in [0.25, 0.3) is 11.8 Å². The van der Waals surface area contributed by atoms with Crippen LogP contribution < -0.4 is 0 Å². The van der Waals surface area contributed by atoms with E-state index < -0.39 is 0 Å². The van der Waals surface area contributed by atoms with Crippen molar-refractivity contribution in [3.8, 4) is 78.0 Å². The van der Waals surface area contributed by atoms with Gasteiger partial charge < -0.3 is 0 Å². The van der Waals surface area contributed by atoms with Crippen LogP contribution in [0.3, 0.4) is 0 Å². The molecule has 798 valence electrons. The lowest BCUT2D eigenvalue weighted by molar-refractivity contribution is -0.122. The molecule has 2 unspecified atom stereocenters. The molecule has 1 aromatic carbocycles. The topological polar surface area (TPSA) is 40.6 Å². The summed E-state index contributed by atoms with van der Waals surface area (Å²) in [4.78, 5) is 63.2. The van der Waals surface area contributed by atoms with Gasteiger partial charge in [-0.05, 0) is 255 Å². The van der Waals surface area contributed by atoms with E-state index in [1.54, 1.807) is 19.6 Å². The van der Waals surface area contributed by atoms with Gasteiger partial charge in [-0.15, -0.1) is 136 Å². The summed E-state index contributed by atoms with van der Waals surface area (Å²) >= 11 is 38.8. The number of unbranched alkanes of at least 4 members (excludes halogenated alkanes) is 36. The van der Waals surface area contributed by atoms with Crippen molar-refractivity contribution in [3.05, 3.63) is 182 Å². The molecule has 2 atom stereocenters. The second-order valence-electron chi connectivity index (χ2n) is 42.2. The summed E-state index contributed by atoms with van der Waals surface area (Å²) in [6.07, 6.45) is 75.3. The SMILES string of the molecule is CCCCCCCCc1cc(/C=C2\SC(=S)N(CC)C2=O)sc1-c1ccc(-c2sc(-c3cc4c(Cc5ccc(-c6ccc(CC(CCCCCC)CCCCCCCC)s6)s5)c5sc(-c6cc(CCCCCCCC)c(-c7ccc(-c8sc(/C=C9/SC(=S)N(CC)C9=O)cc8CCCCCCCC)s7)s6)cc5c(Cc5ccc(-c6ccc(CC(CCCCCC)CCCCCCCC)s6)s5)c4s3)cc2CCCCCCCC)s1. The molecule has 12 aromatic heterocycles. The Labute approximate surface area is 959 Å². The molecule has 148 heavy (non-hydrogen) atoms. The van der Waals surface area contributed by atoms with Gasteiger partial charge in [-0.25, -0.2) is 0 Å². The van der Waals surface area contributed by atoms with Crippen molar-refractivity contribution in [2.75, 3.05) is 13.1 Å². The van der Waals surface area contributed by atoms with E-state index in [0.29, 0.717) is 21.7 Å². The number of thiocarbonyl (C=S) groups is 2. The Bertz CT molecular complexity index is 5910. The summed E-state index contributed by atoms with van der Waals surface area (Å²) in [6, 6.07) is 45.4. The molecule has 13 aromatic rings. The van der Waals surface area contributed by atoms with Gasteiger partial charge in [0.05, 0.1) is 9.81 Å². The Morgan fingerprint density at radius 1 is 0.257 bits per heavy atom. The molecule has 4 nitrogen and oxygen atoms in total. The lowest BCUT2D eigenvalue weighted by atomic mass is 9.91. The number of nitrogens with zero attached hydrogens (tertiary/aromatic N) is 2. The van der Waals surface area contributed by atoms with E-state index in [4.69, 9.17) is 24.4 Å². The number of fused-ring (bicyclic) bond motifs is 2.